The second kappa shape index (κ2) is 38.0. The minimum Gasteiger partial charge on any atom is -0.466 e. The summed E-state index contributed by atoms with van der Waals surface area (Å²) in [7, 11) is 1.89. The van der Waals surface area contributed by atoms with Gasteiger partial charge in [0.2, 0.25) is 0 Å². The molecule has 0 aliphatic carbocycles. The molecular formula is C28H57NO13. The van der Waals surface area contributed by atoms with E-state index in [1.165, 1.54) is 0 Å². The second-order valence-corrected chi connectivity index (χ2v) is 8.39. The largest absolute Gasteiger partial charge is 0.466 e. The first-order valence-electron chi connectivity index (χ1n) is 15.0. The number of nitrogens with one attached hydrogen (secondary N) is 1. The Hall–Kier alpha value is -1.01. The Kier molecular flexibility index (Phi) is 37.1. The number of ether oxygens (including phenoxy) is 12. The molecule has 0 atom stereocenters. The lowest BCUT2D eigenvalue weighted by Gasteiger charge is -2.09. The molecular weight excluding hydrogens is 558 g/mol. The number of esters is 1. The molecule has 0 aromatic heterocycles. The molecule has 42 heavy (non-hydrogen) atoms. The summed E-state index contributed by atoms with van der Waals surface area (Å²) in [6.07, 6.45) is 0.258. The quantitative estimate of drug-likeness (QED) is 0.0759. The summed E-state index contributed by atoms with van der Waals surface area (Å²) in [5.41, 5.74) is 0. The van der Waals surface area contributed by atoms with E-state index in [2.05, 4.69) is 5.32 Å². The maximum absolute atomic E-state index is 11.1. The van der Waals surface area contributed by atoms with Gasteiger partial charge in [-0.25, -0.2) is 0 Å². The molecule has 0 saturated heterocycles. The zero-order chi connectivity index (χ0) is 30.4. The van der Waals surface area contributed by atoms with Crippen LogP contribution in [0.5, 0.6) is 0 Å². The Labute approximate surface area is 252 Å². The summed E-state index contributed by atoms with van der Waals surface area (Å²) in [5, 5.41) is 3.02. The first kappa shape index (κ1) is 41.0. The molecule has 0 bridgehead atoms. The average Bonchev–Trinajstić information content (AvgIpc) is 2.99. The van der Waals surface area contributed by atoms with Crippen LogP contribution < -0.4 is 5.32 Å². The van der Waals surface area contributed by atoms with Crippen molar-refractivity contribution in [1.82, 2.24) is 5.32 Å². The topological polar surface area (TPSA) is 140 Å². The van der Waals surface area contributed by atoms with E-state index in [1.54, 1.807) is 6.92 Å². The van der Waals surface area contributed by atoms with Gasteiger partial charge in [-0.1, -0.05) is 0 Å². The van der Waals surface area contributed by atoms with Gasteiger partial charge in [-0.2, -0.15) is 0 Å². The first-order valence-corrected chi connectivity index (χ1v) is 15.0. The Balaban J connectivity index is 3.05. The van der Waals surface area contributed by atoms with E-state index in [0.29, 0.717) is 152 Å². The fourth-order valence-electron chi connectivity index (χ4n) is 2.86. The van der Waals surface area contributed by atoms with Gasteiger partial charge in [0.05, 0.1) is 158 Å². The molecule has 0 amide bonds. The lowest BCUT2D eigenvalue weighted by atomic mass is 10.5. The van der Waals surface area contributed by atoms with Crippen molar-refractivity contribution >= 4 is 5.97 Å². The van der Waals surface area contributed by atoms with Gasteiger partial charge in [0.25, 0.3) is 0 Å². The summed E-state index contributed by atoms with van der Waals surface area (Å²) < 4.78 is 64.4. The zero-order valence-corrected chi connectivity index (χ0v) is 26.0. The van der Waals surface area contributed by atoms with E-state index in [0.717, 1.165) is 6.54 Å². The van der Waals surface area contributed by atoms with Crippen LogP contribution in [0.4, 0.5) is 0 Å². The predicted molar refractivity (Wildman–Crippen MR) is 154 cm³/mol. The van der Waals surface area contributed by atoms with E-state index in [4.69, 9.17) is 56.8 Å². The van der Waals surface area contributed by atoms with Gasteiger partial charge in [-0.3, -0.25) is 4.79 Å². The third kappa shape index (κ3) is 37.0. The van der Waals surface area contributed by atoms with Crippen molar-refractivity contribution in [2.24, 2.45) is 0 Å². The lowest BCUT2D eigenvalue weighted by molar-refractivity contribution is -0.144. The van der Waals surface area contributed by atoms with Crippen LogP contribution in [0.15, 0.2) is 0 Å². The van der Waals surface area contributed by atoms with Crippen molar-refractivity contribution in [1.29, 1.82) is 0 Å². The maximum Gasteiger partial charge on any atom is 0.308 e. The van der Waals surface area contributed by atoms with Gasteiger partial charge in [0, 0.05) is 6.54 Å². The van der Waals surface area contributed by atoms with Gasteiger partial charge in [-0.05, 0) is 14.0 Å². The average molecular weight is 616 g/mol. The number of hydrogen-bond acceptors (Lipinski definition) is 14. The lowest BCUT2D eigenvalue weighted by Crippen LogP contribution is -2.17. The Bertz CT molecular complexity index is 520. The normalized spacial score (nSPS) is 11.4. The van der Waals surface area contributed by atoms with Crippen molar-refractivity contribution in [2.75, 3.05) is 166 Å². The number of hydrogen-bond donors (Lipinski definition) is 1. The minimum atomic E-state index is -0.250. The molecule has 0 radical (unpaired) electrons. The predicted octanol–water partition coefficient (Wildman–Crippen LogP) is 0.342. The molecule has 0 saturated carbocycles. The van der Waals surface area contributed by atoms with Crippen LogP contribution in [-0.2, 0) is 61.6 Å². The van der Waals surface area contributed by atoms with E-state index in [-0.39, 0.29) is 12.4 Å². The summed E-state index contributed by atoms with van der Waals surface area (Å²) in [4.78, 5) is 11.1. The fourth-order valence-corrected chi connectivity index (χ4v) is 2.86. The highest BCUT2D eigenvalue weighted by atomic mass is 16.6. The van der Waals surface area contributed by atoms with Crippen LogP contribution in [0.3, 0.4) is 0 Å². The molecule has 0 fully saturated rings. The van der Waals surface area contributed by atoms with Crippen molar-refractivity contribution in [3.05, 3.63) is 0 Å². The van der Waals surface area contributed by atoms with Crippen LogP contribution in [0.1, 0.15) is 13.3 Å². The van der Waals surface area contributed by atoms with E-state index in [1.807, 2.05) is 7.05 Å². The monoisotopic (exact) mass is 615 g/mol. The third-order valence-electron chi connectivity index (χ3n) is 4.97. The van der Waals surface area contributed by atoms with Crippen LogP contribution in [0, 0.1) is 0 Å². The van der Waals surface area contributed by atoms with Gasteiger partial charge in [0.15, 0.2) is 0 Å². The van der Waals surface area contributed by atoms with Crippen molar-refractivity contribution in [3.63, 3.8) is 0 Å². The Morgan fingerprint density at radius 1 is 0.405 bits per heavy atom. The SMILES string of the molecule is CCOC(=O)CCOCCOCCOCCOCCOCCOCCOCCOCCOCCOCCOCCNC. The number of carbonyl (C=O) groups is 1. The van der Waals surface area contributed by atoms with Gasteiger partial charge >= 0.3 is 5.97 Å². The summed E-state index contributed by atoms with van der Waals surface area (Å²) >= 11 is 0. The molecule has 0 aromatic carbocycles. The molecule has 0 aliphatic rings. The number of carbonyl (C=O) groups excluding carboxylic acids is 1. The first-order chi connectivity index (χ1) is 20.8. The van der Waals surface area contributed by atoms with Crippen LogP contribution >= 0.6 is 0 Å². The highest BCUT2D eigenvalue weighted by Gasteiger charge is 2.01. The molecule has 0 rings (SSSR count). The van der Waals surface area contributed by atoms with Gasteiger partial charge in [-0.15, -0.1) is 0 Å². The number of rotatable bonds is 37. The minimum absolute atomic E-state index is 0.250. The summed E-state index contributed by atoms with van der Waals surface area (Å²) in [6.45, 7) is 14.2. The molecule has 1 N–H and O–H groups in total. The molecule has 0 aliphatic heterocycles. The number of likely N-dealkylation sites (N-methyl/N-ethyl adjacent to an activating group) is 1. The Morgan fingerprint density at radius 2 is 0.643 bits per heavy atom. The standard InChI is InChI=1S/C28H57NO13/c1-3-42-28(30)4-6-31-8-10-33-12-14-35-16-18-37-20-22-39-24-26-41-27-25-40-23-21-38-19-17-36-15-13-34-11-9-32-7-5-29-2/h29H,3-27H2,1-2H3. The summed E-state index contributed by atoms with van der Waals surface area (Å²) in [6, 6.07) is 0. The van der Waals surface area contributed by atoms with Crippen LogP contribution in [0.2, 0.25) is 0 Å². The zero-order valence-electron chi connectivity index (χ0n) is 26.0. The molecule has 252 valence electrons. The molecule has 14 heteroatoms. The summed E-state index contributed by atoms with van der Waals surface area (Å²) in [5.74, 6) is -0.250. The van der Waals surface area contributed by atoms with Crippen molar-refractivity contribution in [3.8, 4) is 0 Å². The maximum atomic E-state index is 11.1. The van der Waals surface area contributed by atoms with E-state index < -0.39 is 0 Å². The highest BCUT2D eigenvalue weighted by Crippen LogP contribution is 1.89. The van der Waals surface area contributed by atoms with E-state index in [9.17, 15) is 4.79 Å². The van der Waals surface area contributed by atoms with Crippen molar-refractivity contribution < 1.29 is 61.6 Å². The molecule has 0 unspecified atom stereocenters. The van der Waals surface area contributed by atoms with Crippen LogP contribution in [0.25, 0.3) is 0 Å². The molecule has 14 nitrogen and oxygen atoms in total. The molecule has 0 spiro atoms. The van der Waals surface area contributed by atoms with E-state index >= 15 is 0 Å². The second-order valence-electron chi connectivity index (χ2n) is 8.39. The molecule has 0 heterocycles. The van der Waals surface area contributed by atoms with Crippen LogP contribution in [-0.4, -0.2) is 172 Å². The molecule has 0 aromatic rings. The third-order valence-corrected chi connectivity index (χ3v) is 4.97. The van der Waals surface area contributed by atoms with Gasteiger partial charge < -0.3 is 62.2 Å². The van der Waals surface area contributed by atoms with Gasteiger partial charge in [0.1, 0.15) is 0 Å². The smallest absolute Gasteiger partial charge is 0.308 e. The van der Waals surface area contributed by atoms with Crippen molar-refractivity contribution in [2.45, 2.75) is 13.3 Å². The Morgan fingerprint density at radius 3 is 0.881 bits per heavy atom. The fraction of sp³-hybridized carbons (Fsp3) is 0.964. The highest BCUT2D eigenvalue weighted by molar-refractivity contribution is 5.69.